The molecule has 172 valence electrons. The molecule has 1 aromatic rings. The van der Waals surface area contributed by atoms with Gasteiger partial charge in [0.25, 0.3) is 5.91 Å². The molecule has 2 heterocycles. The van der Waals surface area contributed by atoms with Crippen molar-refractivity contribution < 1.29 is 28.7 Å². The van der Waals surface area contributed by atoms with Gasteiger partial charge in [-0.05, 0) is 43.9 Å². The number of hydrogen-bond acceptors (Lipinski definition) is 5. The maximum absolute atomic E-state index is 13.9. The predicted molar refractivity (Wildman–Crippen MR) is 114 cm³/mol. The molecule has 0 saturated carbocycles. The van der Waals surface area contributed by atoms with Crippen LogP contribution in [0.2, 0.25) is 5.02 Å². The Bertz CT molecular complexity index is 941. The average Bonchev–Trinajstić information content (AvgIpc) is 3.16. The quantitative estimate of drug-likeness (QED) is 0.445. The van der Waals surface area contributed by atoms with Crippen LogP contribution in [0, 0.1) is 11.7 Å². The van der Waals surface area contributed by atoms with Crippen molar-refractivity contribution in [3.05, 3.63) is 40.7 Å². The second-order valence-electron chi connectivity index (χ2n) is 7.69. The number of carbonyl (C=O) groups excluding carboxylic acids is 3. The zero-order valence-corrected chi connectivity index (χ0v) is 17.9. The first-order valence-corrected chi connectivity index (χ1v) is 10.6. The third-order valence-corrected chi connectivity index (χ3v) is 5.69. The Hall–Kier alpha value is -2.98. The Morgan fingerprint density at radius 2 is 2.09 bits per heavy atom. The molecule has 0 spiro atoms. The molecule has 32 heavy (non-hydrogen) atoms. The first-order chi connectivity index (χ1) is 15.3. The molecule has 9 nitrogen and oxygen atoms in total. The standard InChI is InChI=1S/C21H24ClFN4O5/c22-14-5-3-12(15(23)11-14)4-6-18(28)27-17(2-1-8-25-27)20(30)26-16(21(31)32)10-13-7-9-24-19(13)29/h3-6,11,13,16-17,25H,1-2,7-10H2,(H,24,29)(H,26,30)(H,31,32)/b6-4+/t13-,16?,17-/m0/s1. The smallest absolute Gasteiger partial charge is 0.326 e. The first kappa shape index (κ1) is 23.7. The molecule has 0 aliphatic carbocycles. The second kappa shape index (κ2) is 10.6. The van der Waals surface area contributed by atoms with Crippen molar-refractivity contribution in [3.8, 4) is 0 Å². The van der Waals surface area contributed by atoms with E-state index in [0.717, 1.165) is 17.2 Å². The van der Waals surface area contributed by atoms with Crippen LogP contribution in [0.1, 0.15) is 31.2 Å². The highest BCUT2D eigenvalue weighted by molar-refractivity contribution is 6.30. The third-order valence-electron chi connectivity index (χ3n) is 5.45. The Labute approximate surface area is 188 Å². The molecule has 2 fully saturated rings. The number of rotatable bonds is 7. The average molecular weight is 467 g/mol. The summed E-state index contributed by atoms with van der Waals surface area (Å²) in [6.07, 6.45) is 3.79. The van der Waals surface area contributed by atoms with Gasteiger partial charge in [0.15, 0.2) is 0 Å². The van der Waals surface area contributed by atoms with Crippen LogP contribution in [0.5, 0.6) is 0 Å². The zero-order chi connectivity index (χ0) is 23.3. The van der Waals surface area contributed by atoms with E-state index in [9.17, 15) is 28.7 Å². The van der Waals surface area contributed by atoms with E-state index < -0.39 is 41.6 Å². The SMILES string of the molecule is O=C(O)C(C[C@@H]1CCNC1=O)NC(=O)[C@@H]1CCCNN1C(=O)/C=C/c1ccc(Cl)cc1F. The molecular formula is C21H24ClFN4O5. The number of carboxylic acid groups (broad SMARTS) is 1. The number of hydrogen-bond donors (Lipinski definition) is 4. The number of carbonyl (C=O) groups is 4. The predicted octanol–water partition coefficient (Wildman–Crippen LogP) is 1.08. The van der Waals surface area contributed by atoms with Gasteiger partial charge in [0.1, 0.15) is 17.9 Å². The molecule has 3 amide bonds. The van der Waals surface area contributed by atoms with Crippen molar-refractivity contribution in [1.82, 2.24) is 21.1 Å². The Kier molecular flexibility index (Phi) is 7.81. The molecule has 1 unspecified atom stereocenters. The lowest BCUT2D eigenvalue weighted by Gasteiger charge is -2.35. The van der Waals surface area contributed by atoms with Crippen LogP contribution in [0.3, 0.4) is 0 Å². The molecule has 4 N–H and O–H groups in total. The maximum Gasteiger partial charge on any atom is 0.326 e. The third kappa shape index (κ3) is 5.83. The van der Waals surface area contributed by atoms with Crippen molar-refractivity contribution in [2.75, 3.05) is 13.1 Å². The normalized spacial score (nSPS) is 21.9. The van der Waals surface area contributed by atoms with Gasteiger partial charge in [-0.3, -0.25) is 19.4 Å². The number of nitrogens with one attached hydrogen (secondary N) is 3. The van der Waals surface area contributed by atoms with Gasteiger partial charge in [0.05, 0.1) is 0 Å². The second-order valence-corrected chi connectivity index (χ2v) is 8.12. The van der Waals surface area contributed by atoms with Crippen molar-refractivity contribution in [1.29, 1.82) is 0 Å². The highest BCUT2D eigenvalue weighted by Crippen LogP contribution is 2.19. The van der Waals surface area contributed by atoms with E-state index in [1.807, 2.05) is 0 Å². The summed E-state index contributed by atoms with van der Waals surface area (Å²) in [5.74, 6) is -3.79. The summed E-state index contributed by atoms with van der Waals surface area (Å²) in [6, 6.07) is 1.83. The van der Waals surface area contributed by atoms with E-state index in [1.54, 1.807) is 0 Å². The van der Waals surface area contributed by atoms with Crippen molar-refractivity contribution in [3.63, 3.8) is 0 Å². The molecule has 2 aliphatic rings. The highest BCUT2D eigenvalue weighted by Gasteiger charge is 2.36. The summed E-state index contributed by atoms with van der Waals surface area (Å²) in [4.78, 5) is 48.9. The van der Waals surface area contributed by atoms with E-state index in [1.165, 1.54) is 18.2 Å². The molecule has 0 bridgehead atoms. The summed E-state index contributed by atoms with van der Waals surface area (Å²) in [5.41, 5.74) is 2.99. The van der Waals surface area contributed by atoms with Gasteiger partial charge in [-0.2, -0.15) is 0 Å². The number of nitrogens with zero attached hydrogens (tertiary/aromatic N) is 1. The summed E-state index contributed by atoms with van der Waals surface area (Å²) >= 11 is 5.72. The van der Waals surface area contributed by atoms with Crippen molar-refractivity contribution in [2.45, 2.75) is 37.8 Å². The maximum atomic E-state index is 13.9. The largest absolute Gasteiger partial charge is 0.480 e. The van der Waals surface area contributed by atoms with Gasteiger partial charge >= 0.3 is 5.97 Å². The summed E-state index contributed by atoms with van der Waals surface area (Å²) < 4.78 is 13.9. The lowest BCUT2D eigenvalue weighted by molar-refractivity contribution is -0.147. The first-order valence-electron chi connectivity index (χ1n) is 10.3. The van der Waals surface area contributed by atoms with E-state index in [-0.39, 0.29) is 22.9 Å². The fourth-order valence-corrected chi connectivity index (χ4v) is 3.89. The highest BCUT2D eigenvalue weighted by atomic mass is 35.5. The van der Waals surface area contributed by atoms with E-state index in [2.05, 4.69) is 16.1 Å². The fraction of sp³-hybridized carbons (Fsp3) is 0.429. The minimum atomic E-state index is -1.26. The van der Waals surface area contributed by atoms with Gasteiger partial charge in [-0.15, -0.1) is 0 Å². The molecule has 3 rings (SSSR count). The summed E-state index contributed by atoms with van der Waals surface area (Å²) in [5, 5.41) is 15.9. The fourth-order valence-electron chi connectivity index (χ4n) is 3.74. The van der Waals surface area contributed by atoms with Crippen LogP contribution in [0.15, 0.2) is 24.3 Å². The molecule has 0 aromatic heterocycles. The topological polar surface area (TPSA) is 128 Å². The van der Waals surface area contributed by atoms with E-state index in [4.69, 9.17) is 11.6 Å². The lowest BCUT2D eigenvalue weighted by Crippen LogP contribution is -2.60. The van der Waals surface area contributed by atoms with E-state index >= 15 is 0 Å². The Morgan fingerprint density at radius 3 is 2.75 bits per heavy atom. The molecule has 3 atom stereocenters. The van der Waals surface area contributed by atoms with Gasteiger partial charge in [0, 0.05) is 35.7 Å². The molecule has 1 aromatic carbocycles. The van der Waals surface area contributed by atoms with Gasteiger partial charge in [0.2, 0.25) is 11.8 Å². The zero-order valence-electron chi connectivity index (χ0n) is 17.1. The van der Waals surface area contributed by atoms with E-state index in [0.29, 0.717) is 32.4 Å². The van der Waals surface area contributed by atoms with Gasteiger partial charge < -0.3 is 15.7 Å². The number of aliphatic carboxylic acids is 1. The molecule has 11 heteroatoms. The molecule has 2 aliphatic heterocycles. The van der Waals surface area contributed by atoms with Crippen LogP contribution in [-0.4, -0.2) is 59.0 Å². The van der Waals surface area contributed by atoms with Crippen LogP contribution >= 0.6 is 11.6 Å². The number of carboxylic acids is 1. The molecule has 2 saturated heterocycles. The van der Waals surface area contributed by atoms with Gasteiger partial charge in [-0.1, -0.05) is 17.7 Å². The molecular weight excluding hydrogens is 443 g/mol. The van der Waals surface area contributed by atoms with Crippen LogP contribution in [0.4, 0.5) is 4.39 Å². The lowest BCUT2D eigenvalue weighted by atomic mass is 9.97. The minimum Gasteiger partial charge on any atom is -0.480 e. The monoisotopic (exact) mass is 466 g/mol. The Morgan fingerprint density at radius 1 is 1.31 bits per heavy atom. The molecule has 0 radical (unpaired) electrons. The Balaban J connectivity index is 1.68. The van der Waals surface area contributed by atoms with Crippen LogP contribution < -0.4 is 16.1 Å². The number of benzene rings is 1. The van der Waals surface area contributed by atoms with Gasteiger partial charge in [-0.25, -0.2) is 14.6 Å². The summed E-state index contributed by atoms with van der Waals surface area (Å²) in [7, 11) is 0. The number of halogens is 2. The number of amides is 3. The minimum absolute atomic E-state index is 0.0310. The number of hydrazine groups is 1. The van der Waals surface area contributed by atoms with Crippen molar-refractivity contribution >= 4 is 41.4 Å². The summed E-state index contributed by atoms with van der Waals surface area (Å²) in [6.45, 7) is 0.919. The van der Waals surface area contributed by atoms with Crippen LogP contribution in [-0.2, 0) is 19.2 Å². The van der Waals surface area contributed by atoms with Crippen LogP contribution in [0.25, 0.3) is 6.08 Å². The van der Waals surface area contributed by atoms with Crippen molar-refractivity contribution in [2.24, 2.45) is 5.92 Å².